The van der Waals surface area contributed by atoms with Gasteiger partial charge >= 0.3 is 12.3 Å². The highest BCUT2D eigenvalue weighted by Gasteiger charge is 2.51. The Morgan fingerprint density at radius 3 is 2.37 bits per heavy atom. The van der Waals surface area contributed by atoms with E-state index < -0.39 is 17.5 Å². The second kappa shape index (κ2) is 6.87. The molecule has 0 aromatic carbocycles. The predicted molar refractivity (Wildman–Crippen MR) is 92.4 cm³/mol. The fraction of sp³-hybridized carbons (Fsp3) is 0.684. The first-order valence-corrected chi connectivity index (χ1v) is 9.17. The average molecular weight is 386 g/mol. The van der Waals surface area contributed by atoms with Gasteiger partial charge in [-0.15, -0.1) is 0 Å². The Kier molecular flexibility index (Phi) is 5.03. The van der Waals surface area contributed by atoms with Crippen LogP contribution in [0.2, 0.25) is 0 Å². The second-order valence-corrected chi connectivity index (χ2v) is 8.33. The van der Waals surface area contributed by atoms with Gasteiger partial charge in [0.25, 0.3) is 0 Å². The fourth-order valence-electron chi connectivity index (χ4n) is 3.67. The average Bonchev–Trinajstić information content (AvgIpc) is 2.57. The Morgan fingerprint density at radius 1 is 1.19 bits per heavy atom. The molecule has 0 radical (unpaired) electrons. The number of piperidine rings is 1. The summed E-state index contributed by atoms with van der Waals surface area (Å²) >= 11 is 0. The van der Waals surface area contributed by atoms with Crippen LogP contribution in [0.1, 0.15) is 52.1 Å². The maximum atomic E-state index is 12.8. The van der Waals surface area contributed by atoms with Crippen LogP contribution in [0.15, 0.2) is 18.2 Å². The molecule has 1 saturated heterocycles. The van der Waals surface area contributed by atoms with Crippen LogP contribution in [0.25, 0.3) is 0 Å². The Hall–Kier alpha value is -1.99. The van der Waals surface area contributed by atoms with Gasteiger partial charge in [-0.3, -0.25) is 0 Å². The van der Waals surface area contributed by atoms with E-state index in [1.54, 1.807) is 4.90 Å². The molecule has 2 aliphatic rings. The molecule has 150 valence electrons. The summed E-state index contributed by atoms with van der Waals surface area (Å²) in [5.74, 6) is 0.00321. The quantitative estimate of drug-likeness (QED) is 0.742. The minimum Gasteiger partial charge on any atom is -0.474 e. The summed E-state index contributed by atoms with van der Waals surface area (Å²) in [4.78, 5) is 17.5. The lowest BCUT2D eigenvalue weighted by molar-refractivity contribution is -0.142. The molecule has 1 aromatic heterocycles. The number of aromatic nitrogens is 1. The minimum absolute atomic E-state index is 0.00321. The van der Waals surface area contributed by atoms with Crippen LogP contribution in [0.5, 0.6) is 5.88 Å². The van der Waals surface area contributed by atoms with Crippen LogP contribution in [0, 0.1) is 5.41 Å². The van der Waals surface area contributed by atoms with Crippen LogP contribution in [0.3, 0.4) is 0 Å². The second-order valence-electron chi connectivity index (χ2n) is 8.33. The van der Waals surface area contributed by atoms with Gasteiger partial charge in [0.2, 0.25) is 5.88 Å². The van der Waals surface area contributed by atoms with Gasteiger partial charge in [-0.1, -0.05) is 6.07 Å². The maximum Gasteiger partial charge on any atom is 0.433 e. The summed E-state index contributed by atoms with van der Waals surface area (Å²) in [5.41, 5.74) is -1.59. The Labute approximate surface area is 156 Å². The zero-order valence-corrected chi connectivity index (χ0v) is 15.8. The highest BCUT2D eigenvalue weighted by Crippen LogP contribution is 2.50. The van der Waals surface area contributed by atoms with Crippen molar-refractivity contribution in [2.75, 3.05) is 13.1 Å². The number of halogens is 3. The first-order chi connectivity index (χ1) is 12.5. The van der Waals surface area contributed by atoms with E-state index >= 15 is 0 Å². The number of hydrogen-bond donors (Lipinski definition) is 0. The lowest BCUT2D eigenvalue weighted by Crippen LogP contribution is -2.55. The zero-order chi connectivity index (χ0) is 19.9. The monoisotopic (exact) mass is 386 g/mol. The van der Waals surface area contributed by atoms with E-state index in [2.05, 4.69) is 4.98 Å². The van der Waals surface area contributed by atoms with Crippen molar-refractivity contribution in [2.45, 2.75) is 64.3 Å². The molecule has 0 bridgehead atoms. The molecule has 1 saturated carbocycles. The molecule has 1 atom stereocenters. The number of alkyl halides is 3. The fourth-order valence-corrected chi connectivity index (χ4v) is 3.67. The molecule has 3 rings (SSSR count). The molecule has 1 unspecified atom stereocenters. The zero-order valence-electron chi connectivity index (χ0n) is 15.8. The summed E-state index contributed by atoms with van der Waals surface area (Å²) < 4.78 is 49.7. The first-order valence-electron chi connectivity index (χ1n) is 9.17. The van der Waals surface area contributed by atoms with Gasteiger partial charge in [0.05, 0.1) is 0 Å². The number of hydrogen-bond acceptors (Lipinski definition) is 4. The van der Waals surface area contributed by atoms with Crippen LogP contribution in [-0.4, -0.2) is 40.8 Å². The van der Waals surface area contributed by atoms with E-state index in [-0.39, 0.29) is 23.5 Å². The van der Waals surface area contributed by atoms with Crippen LogP contribution in [-0.2, 0) is 10.9 Å². The molecule has 5 nitrogen and oxygen atoms in total. The van der Waals surface area contributed by atoms with Crippen molar-refractivity contribution in [3.8, 4) is 5.88 Å². The number of rotatable bonds is 2. The first kappa shape index (κ1) is 19.8. The van der Waals surface area contributed by atoms with E-state index in [0.717, 1.165) is 31.7 Å². The highest BCUT2D eigenvalue weighted by atomic mass is 19.4. The number of amides is 1. The van der Waals surface area contributed by atoms with Gasteiger partial charge in [0.15, 0.2) is 0 Å². The van der Waals surface area contributed by atoms with Gasteiger partial charge < -0.3 is 14.4 Å². The van der Waals surface area contributed by atoms with Crippen molar-refractivity contribution in [1.82, 2.24) is 9.88 Å². The Bertz CT molecular complexity index is 692. The number of carbonyl (C=O) groups excluding carboxylic acids is 1. The van der Waals surface area contributed by atoms with Crippen LogP contribution >= 0.6 is 0 Å². The summed E-state index contributed by atoms with van der Waals surface area (Å²) in [7, 11) is 0. The largest absolute Gasteiger partial charge is 0.474 e. The van der Waals surface area contributed by atoms with Crippen molar-refractivity contribution < 1.29 is 27.4 Å². The van der Waals surface area contributed by atoms with Gasteiger partial charge in [-0.05, 0) is 52.5 Å². The molecule has 27 heavy (non-hydrogen) atoms. The lowest BCUT2D eigenvalue weighted by atomic mass is 9.61. The molecular formula is C19H25F3N2O3. The van der Waals surface area contributed by atoms with Crippen molar-refractivity contribution in [2.24, 2.45) is 5.41 Å². The highest BCUT2D eigenvalue weighted by molar-refractivity contribution is 5.68. The van der Waals surface area contributed by atoms with Crippen molar-refractivity contribution in [1.29, 1.82) is 0 Å². The van der Waals surface area contributed by atoms with Crippen LogP contribution in [0.4, 0.5) is 18.0 Å². The maximum absolute atomic E-state index is 12.8. The minimum atomic E-state index is -4.49. The van der Waals surface area contributed by atoms with E-state index in [9.17, 15) is 18.0 Å². The third kappa shape index (κ3) is 4.47. The Balaban J connectivity index is 1.59. The molecule has 1 amide bonds. The molecule has 1 aliphatic heterocycles. The molecule has 2 fully saturated rings. The van der Waals surface area contributed by atoms with Crippen LogP contribution < -0.4 is 4.74 Å². The third-order valence-corrected chi connectivity index (χ3v) is 5.28. The molecule has 1 aromatic rings. The van der Waals surface area contributed by atoms with Gasteiger partial charge in [0, 0.05) is 24.6 Å². The summed E-state index contributed by atoms with van der Waals surface area (Å²) in [6.07, 6.45) is -1.77. The molecule has 0 N–H and O–H groups in total. The van der Waals surface area contributed by atoms with E-state index in [1.165, 1.54) is 12.1 Å². The number of likely N-dealkylation sites (tertiary alicyclic amines) is 1. The summed E-state index contributed by atoms with van der Waals surface area (Å²) in [5, 5.41) is 0. The van der Waals surface area contributed by atoms with Gasteiger partial charge in [-0.2, -0.15) is 13.2 Å². The normalized spacial score (nSPS) is 22.3. The summed E-state index contributed by atoms with van der Waals surface area (Å²) in [6.45, 7) is 6.60. The van der Waals surface area contributed by atoms with E-state index in [1.807, 2.05) is 20.8 Å². The number of ether oxygens (including phenoxy) is 2. The van der Waals surface area contributed by atoms with E-state index in [4.69, 9.17) is 9.47 Å². The number of pyridine rings is 1. The molecular weight excluding hydrogens is 361 g/mol. The SMILES string of the molecule is CC(C)(C)OC(=O)N1CCC2(CCC2Oc2cccc(C(F)(F)F)n2)CC1. The van der Waals surface area contributed by atoms with Crippen molar-refractivity contribution >= 4 is 6.09 Å². The molecule has 8 heteroatoms. The van der Waals surface area contributed by atoms with E-state index in [0.29, 0.717) is 13.1 Å². The van der Waals surface area contributed by atoms with Crippen molar-refractivity contribution in [3.05, 3.63) is 23.9 Å². The van der Waals surface area contributed by atoms with Gasteiger partial charge in [0.1, 0.15) is 17.4 Å². The topological polar surface area (TPSA) is 51.7 Å². The number of carbonyl (C=O) groups is 1. The predicted octanol–water partition coefficient (Wildman–Crippen LogP) is 4.66. The smallest absolute Gasteiger partial charge is 0.433 e. The molecule has 1 spiro atoms. The standard InChI is InChI=1S/C19H25F3N2O3/c1-17(2,3)27-16(25)24-11-9-18(10-12-24)8-7-14(18)26-15-6-4-5-13(23-15)19(20,21)22/h4-6,14H,7-12H2,1-3H3. The molecule has 1 aliphatic carbocycles. The summed E-state index contributed by atoms with van der Waals surface area (Å²) in [6, 6.07) is 3.70. The lowest BCUT2D eigenvalue weighted by Gasteiger charge is -2.52. The van der Waals surface area contributed by atoms with Gasteiger partial charge in [-0.25, -0.2) is 9.78 Å². The third-order valence-electron chi connectivity index (χ3n) is 5.28. The molecule has 2 heterocycles. The Morgan fingerprint density at radius 2 is 1.85 bits per heavy atom. The van der Waals surface area contributed by atoms with Crippen molar-refractivity contribution in [3.63, 3.8) is 0 Å². The number of nitrogens with zero attached hydrogens (tertiary/aromatic N) is 2.